The van der Waals surface area contributed by atoms with Crippen LogP contribution in [0.2, 0.25) is 5.02 Å². The fraction of sp³-hybridized carbons (Fsp3) is 0.250. The fourth-order valence-electron chi connectivity index (χ4n) is 3.33. The lowest BCUT2D eigenvalue weighted by Crippen LogP contribution is -2.56. The van der Waals surface area contributed by atoms with E-state index in [1.807, 2.05) is 24.3 Å². The van der Waals surface area contributed by atoms with Gasteiger partial charge in [0.25, 0.3) is 5.91 Å². The lowest BCUT2D eigenvalue weighted by atomic mass is 9.65. The average Bonchev–Trinajstić information content (AvgIpc) is 2.78. The standard InChI is InChI=1S/C16H13ClN4O2/c17-12-5-2-1-4-11(12)10-8-16(9-10)14(22)21(15(23)19-16)13-6-3-7-18-20-13/h1-7,10H,8-9H2,(H,19,23). The van der Waals surface area contributed by atoms with Gasteiger partial charge in [0.15, 0.2) is 5.82 Å². The van der Waals surface area contributed by atoms with E-state index in [2.05, 4.69) is 15.5 Å². The van der Waals surface area contributed by atoms with E-state index in [4.69, 9.17) is 11.6 Å². The Morgan fingerprint density at radius 2 is 1.96 bits per heavy atom. The molecule has 1 N–H and O–H groups in total. The van der Waals surface area contributed by atoms with Crippen LogP contribution >= 0.6 is 11.6 Å². The van der Waals surface area contributed by atoms with Crippen LogP contribution in [0.1, 0.15) is 24.3 Å². The number of anilines is 1. The molecule has 23 heavy (non-hydrogen) atoms. The number of imide groups is 1. The van der Waals surface area contributed by atoms with E-state index in [1.54, 1.807) is 12.1 Å². The molecule has 1 spiro atoms. The Kier molecular flexibility index (Phi) is 3.09. The molecule has 0 bridgehead atoms. The van der Waals surface area contributed by atoms with Crippen LogP contribution in [-0.4, -0.2) is 27.7 Å². The third kappa shape index (κ3) is 2.09. The summed E-state index contributed by atoms with van der Waals surface area (Å²) in [5, 5.41) is 11.1. The Morgan fingerprint density at radius 1 is 1.17 bits per heavy atom. The number of hydrogen-bond acceptors (Lipinski definition) is 4. The molecule has 116 valence electrons. The van der Waals surface area contributed by atoms with Gasteiger partial charge in [-0.2, -0.15) is 5.10 Å². The Hall–Kier alpha value is -2.47. The summed E-state index contributed by atoms with van der Waals surface area (Å²) in [6, 6.07) is 10.4. The van der Waals surface area contributed by atoms with Gasteiger partial charge >= 0.3 is 6.03 Å². The first kappa shape index (κ1) is 14.1. The molecular weight excluding hydrogens is 316 g/mol. The molecule has 2 aliphatic rings. The van der Waals surface area contributed by atoms with Gasteiger partial charge in [-0.05, 0) is 42.5 Å². The summed E-state index contributed by atoms with van der Waals surface area (Å²) < 4.78 is 0. The van der Waals surface area contributed by atoms with Gasteiger partial charge in [0.1, 0.15) is 5.54 Å². The zero-order chi connectivity index (χ0) is 16.0. The van der Waals surface area contributed by atoms with E-state index in [9.17, 15) is 9.59 Å². The summed E-state index contributed by atoms with van der Waals surface area (Å²) in [6.07, 6.45) is 2.57. The SMILES string of the molecule is O=C1NC2(CC(c3ccccc3Cl)C2)C(=O)N1c1cccnn1. The maximum Gasteiger partial charge on any atom is 0.330 e. The molecule has 2 fully saturated rings. The summed E-state index contributed by atoms with van der Waals surface area (Å²) in [5.41, 5.74) is 0.165. The largest absolute Gasteiger partial charge is 0.330 e. The lowest BCUT2D eigenvalue weighted by molar-refractivity contribution is -0.125. The number of carbonyl (C=O) groups is 2. The Balaban J connectivity index is 1.58. The number of hydrogen-bond donors (Lipinski definition) is 1. The zero-order valence-electron chi connectivity index (χ0n) is 12.1. The van der Waals surface area contributed by atoms with Crippen molar-refractivity contribution in [3.63, 3.8) is 0 Å². The van der Waals surface area contributed by atoms with Crippen LogP contribution in [0, 0.1) is 0 Å². The van der Waals surface area contributed by atoms with Crippen LogP contribution < -0.4 is 10.2 Å². The van der Waals surface area contributed by atoms with Gasteiger partial charge in [0.05, 0.1) is 0 Å². The molecule has 1 aromatic carbocycles. The van der Waals surface area contributed by atoms with Crippen molar-refractivity contribution in [3.05, 3.63) is 53.2 Å². The second kappa shape index (κ2) is 5.03. The van der Waals surface area contributed by atoms with Gasteiger partial charge in [-0.3, -0.25) is 4.79 Å². The van der Waals surface area contributed by atoms with E-state index >= 15 is 0 Å². The van der Waals surface area contributed by atoms with Crippen molar-refractivity contribution < 1.29 is 9.59 Å². The minimum Gasteiger partial charge on any atom is -0.323 e. The molecule has 1 aliphatic carbocycles. The first-order chi connectivity index (χ1) is 11.1. The first-order valence-corrected chi connectivity index (χ1v) is 7.67. The number of aromatic nitrogens is 2. The molecule has 0 unspecified atom stereocenters. The Labute approximate surface area is 137 Å². The number of carbonyl (C=O) groups excluding carboxylic acids is 2. The molecule has 4 rings (SSSR count). The van der Waals surface area contributed by atoms with Crippen molar-refractivity contribution in [2.24, 2.45) is 0 Å². The Morgan fingerprint density at radius 3 is 2.65 bits per heavy atom. The summed E-state index contributed by atoms with van der Waals surface area (Å²) in [6.45, 7) is 0. The normalized spacial score (nSPS) is 26.3. The third-order valence-corrected chi connectivity index (χ3v) is 4.83. The highest BCUT2D eigenvalue weighted by molar-refractivity contribution is 6.31. The molecule has 1 aromatic heterocycles. The second-order valence-electron chi connectivity index (χ2n) is 5.86. The molecule has 7 heteroatoms. The van der Waals surface area contributed by atoms with Crippen molar-refractivity contribution in [2.45, 2.75) is 24.3 Å². The quantitative estimate of drug-likeness (QED) is 0.859. The van der Waals surface area contributed by atoms with Crippen molar-refractivity contribution in [1.82, 2.24) is 15.5 Å². The maximum absolute atomic E-state index is 12.7. The highest BCUT2D eigenvalue weighted by atomic mass is 35.5. The molecule has 2 heterocycles. The smallest absolute Gasteiger partial charge is 0.323 e. The predicted octanol–water partition coefficient (Wildman–Crippen LogP) is 2.50. The number of rotatable bonds is 2. The van der Waals surface area contributed by atoms with Gasteiger partial charge in [-0.25, -0.2) is 9.69 Å². The molecule has 3 amide bonds. The van der Waals surface area contributed by atoms with Crippen LogP contribution in [0.15, 0.2) is 42.6 Å². The summed E-state index contributed by atoms with van der Waals surface area (Å²) >= 11 is 6.22. The second-order valence-corrected chi connectivity index (χ2v) is 6.27. The van der Waals surface area contributed by atoms with Crippen molar-refractivity contribution in [3.8, 4) is 0 Å². The molecule has 1 aliphatic heterocycles. The zero-order valence-corrected chi connectivity index (χ0v) is 12.8. The van der Waals surface area contributed by atoms with Crippen LogP contribution in [0.3, 0.4) is 0 Å². The maximum atomic E-state index is 12.7. The molecule has 0 radical (unpaired) electrons. The minimum absolute atomic E-state index is 0.162. The van der Waals surface area contributed by atoms with Gasteiger partial charge in [-0.1, -0.05) is 29.8 Å². The van der Waals surface area contributed by atoms with Crippen LogP contribution in [0.5, 0.6) is 0 Å². The average molecular weight is 329 g/mol. The fourth-order valence-corrected chi connectivity index (χ4v) is 3.62. The number of urea groups is 1. The van der Waals surface area contributed by atoms with Crippen LogP contribution in [-0.2, 0) is 4.79 Å². The number of amides is 3. The monoisotopic (exact) mass is 328 g/mol. The number of benzene rings is 1. The number of halogens is 1. The summed E-state index contributed by atoms with van der Waals surface area (Å²) in [4.78, 5) is 26.0. The molecule has 2 aromatic rings. The molecular formula is C16H13ClN4O2. The van der Waals surface area contributed by atoms with Gasteiger partial charge < -0.3 is 5.32 Å². The van der Waals surface area contributed by atoms with Gasteiger partial charge in [0, 0.05) is 11.2 Å². The van der Waals surface area contributed by atoms with E-state index in [0.29, 0.717) is 17.9 Å². The van der Waals surface area contributed by atoms with E-state index < -0.39 is 11.6 Å². The van der Waals surface area contributed by atoms with E-state index in [1.165, 1.54) is 6.20 Å². The first-order valence-electron chi connectivity index (χ1n) is 7.29. The summed E-state index contributed by atoms with van der Waals surface area (Å²) in [5.74, 6) is 0.133. The van der Waals surface area contributed by atoms with Crippen molar-refractivity contribution in [2.75, 3.05) is 4.90 Å². The minimum atomic E-state index is -0.849. The van der Waals surface area contributed by atoms with Crippen LogP contribution in [0.4, 0.5) is 10.6 Å². The molecule has 6 nitrogen and oxygen atoms in total. The van der Waals surface area contributed by atoms with Crippen molar-refractivity contribution >= 4 is 29.4 Å². The third-order valence-electron chi connectivity index (χ3n) is 4.48. The number of nitrogens with one attached hydrogen (secondary N) is 1. The topological polar surface area (TPSA) is 75.2 Å². The molecule has 1 saturated carbocycles. The number of nitrogens with zero attached hydrogens (tertiary/aromatic N) is 3. The van der Waals surface area contributed by atoms with Crippen LogP contribution in [0.25, 0.3) is 0 Å². The summed E-state index contributed by atoms with van der Waals surface area (Å²) in [7, 11) is 0. The molecule has 0 atom stereocenters. The highest BCUT2D eigenvalue weighted by Gasteiger charge is 2.59. The Bertz CT molecular complexity index is 790. The van der Waals surface area contributed by atoms with E-state index in [-0.39, 0.29) is 17.6 Å². The van der Waals surface area contributed by atoms with Gasteiger partial charge in [0.2, 0.25) is 0 Å². The van der Waals surface area contributed by atoms with Gasteiger partial charge in [-0.15, -0.1) is 5.10 Å². The van der Waals surface area contributed by atoms with E-state index in [0.717, 1.165) is 10.5 Å². The lowest BCUT2D eigenvalue weighted by Gasteiger charge is -2.43. The highest BCUT2D eigenvalue weighted by Crippen LogP contribution is 2.49. The van der Waals surface area contributed by atoms with Crippen molar-refractivity contribution in [1.29, 1.82) is 0 Å². The predicted molar refractivity (Wildman–Crippen MR) is 84.2 cm³/mol. The molecule has 1 saturated heterocycles.